The molecule has 48 heavy (non-hydrogen) atoms. The minimum atomic E-state index is -4.75. The molecule has 4 atom stereocenters. The van der Waals surface area contributed by atoms with Gasteiger partial charge in [0.05, 0.1) is 5.69 Å². The third kappa shape index (κ3) is 7.78. The summed E-state index contributed by atoms with van der Waals surface area (Å²) in [6.07, 6.45) is 0.174. The van der Waals surface area contributed by atoms with Crippen molar-refractivity contribution in [2.75, 3.05) is 15.7 Å². The van der Waals surface area contributed by atoms with Gasteiger partial charge in [0.1, 0.15) is 24.1 Å². The summed E-state index contributed by atoms with van der Waals surface area (Å²) in [6.45, 7) is 6.17. The second-order valence-corrected chi connectivity index (χ2v) is 13.6. The van der Waals surface area contributed by atoms with Crippen molar-refractivity contribution in [3.05, 3.63) is 89.2 Å². The molecular formula is C35H38F4N6O2S. The first-order chi connectivity index (χ1) is 22.9. The number of hydrazine groups is 1. The van der Waals surface area contributed by atoms with Crippen LogP contribution in [0.4, 0.5) is 33.7 Å². The Morgan fingerprint density at radius 3 is 2.48 bits per heavy atom. The van der Waals surface area contributed by atoms with Crippen LogP contribution >= 0.6 is 11.8 Å². The van der Waals surface area contributed by atoms with E-state index in [0.717, 1.165) is 53.8 Å². The molecule has 3 aromatic rings. The van der Waals surface area contributed by atoms with Gasteiger partial charge in [-0.2, -0.15) is 10.4 Å². The van der Waals surface area contributed by atoms with Crippen LogP contribution in [0.1, 0.15) is 81.1 Å². The van der Waals surface area contributed by atoms with Gasteiger partial charge in [0.15, 0.2) is 5.17 Å². The van der Waals surface area contributed by atoms with Crippen LogP contribution in [0, 0.1) is 5.82 Å². The van der Waals surface area contributed by atoms with Crippen molar-refractivity contribution in [2.45, 2.75) is 82.9 Å². The molecule has 0 spiro atoms. The van der Waals surface area contributed by atoms with Crippen LogP contribution in [-0.4, -0.2) is 41.7 Å². The van der Waals surface area contributed by atoms with Crippen molar-refractivity contribution in [3.63, 3.8) is 0 Å². The Morgan fingerprint density at radius 1 is 1.04 bits per heavy atom. The van der Waals surface area contributed by atoms with Crippen LogP contribution in [0.2, 0.25) is 0 Å². The van der Waals surface area contributed by atoms with Crippen molar-refractivity contribution >= 4 is 40.7 Å². The van der Waals surface area contributed by atoms with Crippen LogP contribution in [0.25, 0.3) is 0 Å². The van der Waals surface area contributed by atoms with Gasteiger partial charge in [0, 0.05) is 29.4 Å². The topological polar surface area (TPSA) is 81.6 Å². The predicted molar refractivity (Wildman–Crippen MR) is 182 cm³/mol. The van der Waals surface area contributed by atoms with Crippen molar-refractivity contribution in [1.29, 1.82) is 0 Å². The van der Waals surface area contributed by atoms with Gasteiger partial charge in [-0.3, -0.25) is 5.01 Å². The first-order valence-corrected chi connectivity index (χ1v) is 17.1. The van der Waals surface area contributed by atoms with E-state index in [0.29, 0.717) is 10.9 Å². The molecule has 2 amide bonds. The lowest BCUT2D eigenvalue weighted by atomic mass is 9.93. The number of alkyl halides is 3. The Bertz CT molecular complexity index is 1660. The number of halogens is 4. The lowest BCUT2D eigenvalue weighted by Gasteiger charge is -2.37. The average Bonchev–Trinajstić information content (AvgIpc) is 3.72. The Hall–Kier alpha value is -4.10. The number of urea groups is 1. The molecule has 2 fully saturated rings. The number of benzene rings is 3. The van der Waals surface area contributed by atoms with Gasteiger partial charge < -0.3 is 15.0 Å². The molecule has 254 valence electrons. The first kappa shape index (κ1) is 33.8. The van der Waals surface area contributed by atoms with Gasteiger partial charge in [-0.1, -0.05) is 56.3 Å². The van der Waals surface area contributed by atoms with E-state index in [4.69, 9.17) is 0 Å². The number of nitrogens with zero attached hydrogens (tertiary/aromatic N) is 4. The maximum absolute atomic E-state index is 14.2. The normalized spacial score (nSPS) is 23.7. The zero-order valence-electron chi connectivity index (χ0n) is 26.9. The molecule has 2 N–H and O–H groups in total. The number of carbonyl (C=O) groups excluding carboxylic acids is 1. The summed E-state index contributed by atoms with van der Waals surface area (Å²) in [6, 6.07) is 18.1. The third-order valence-electron chi connectivity index (χ3n) is 8.93. The molecule has 2 heterocycles. The SMILES string of the molecule is CC(C)c1cc(F)ccc1N1C(=NC(=O)NC2CCCC2c2ccc(C3N=CN(c4ccc(OC(F)(F)F)cc4)N3)cc2)SCCC1C. The van der Waals surface area contributed by atoms with E-state index in [9.17, 15) is 22.4 Å². The Morgan fingerprint density at radius 2 is 1.77 bits per heavy atom. The van der Waals surface area contributed by atoms with E-state index in [2.05, 4.69) is 49.4 Å². The fraction of sp³-hybridized carbons (Fsp3) is 0.400. The number of carbonyl (C=O) groups is 1. The molecule has 3 aromatic carbocycles. The molecule has 1 aliphatic carbocycles. The van der Waals surface area contributed by atoms with Crippen LogP contribution in [0.15, 0.2) is 76.7 Å². The van der Waals surface area contributed by atoms with E-state index in [-0.39, 0.29) is 47.7 Å². The number of thioether (sulfide) groups is 1. The van der Waals surface area contributed by atoms with E-state index in [1.54, 1.807) is 35.2 Å². The smallest absolute Gasteiger partial charge is 0.406 e. The number of amides is 2. The Balaban J connectivity index is 1.10. The number of anilines is 2. The maximum Gasteiger partial charge on any atom is 0.573 e. The molecular weight excluding hydrogens is 644 g/mol. The number of hydrogen-bond donors (Lipinski definition) is 2. The molecule has 3 aliphatic rings. The van der Waals surface area contributed by atoms with Gasteiger partial charge in [0.2, 0.25) is 0 Å². The summed E-state index contributed by atoms with van der Waals surface area (Å²) in [7, 11) is 0. The van der Waals surface area contributed by atoms with Gasteiger partial charge in [-0.25, -0.2) is 14.2 Å². The summed E-state index contributed by atoms with van der Waals surface area (Å²) < 4.78 is 55.6. The summed E-state index contributed by atoms with van der Waals surface area (Å²) in [5.41, 5.74) is 7.65. The average molecular weight is 683 g/mol. The molecule has 0 bridgehead atoms. The zero-order valence-corrected chi connectivity index (χ0v) is 27.7. The first-order valence-electron chi connectivity index (χ1n) is 16.1. The van der Waals surface area contributed by atoms with Gasteiger partial charge in [-0.15, -0.1) is 13.2 Å². The molecule has 1 saturated carbocycles. The highest BCUT2D eigenvalue weighted by Crippen LogP contribution is 2.37. The van der Waals surface area contributed by atoms with E-state index < -0.39 is 6.36 Å². The quantitative estimate of drug-likeness (QED) is 0.243. The van der Waals surface area contributed by atoms with Gasteiger partial charge in [0.25, 0.3) is 0 Å². The van der Waals surface area contributed by atoms with Crippen molar-refractivity contribution < 1.29 is 27.1 Å². The summed E-state index contributed by atoms with van der Waals surface area (Å²) in [5, 5.41) is 5.45. The zero-order chi connectivity index (χ0) is 34.0. The fourth-order valence-electron chi connectivity index (χ4n) is 6.52. The van der Waals surface area contributed by atoms with E-state index in [1.807, 2.05) is 26.0 Å². The molecule has 2 aliphatic heterocycles. The number of hydrogen-bond acceptors (Lipinski definition) is 6. The van der Waals surface area contributed by atoms with Crippen molar-refractivity contribution in [1.82, 2.24) is 10.7 Å². The highest BCUT2D eigenvalue weighted by Gasteiger charge is 2.33. The fourth-order valence-corrected chi connectivity index (χ4v) is 7.73. The van der Waals surface area contributed by atoms with Crippen molar-refractivity contribution in [2.24, 2.45) is 9.98 Å². The number of aliphatic imine (C=N–C) groups is 2. The highest BCUT2D eigenvalue weighted by atomic mass is 32.2. The lowest BCUT2D eigenvalue weighted by Crippen LogP contribution is -2.43. The number of rotatable bonds is 7. The van der Waals surface area contributed by atoms with E-state index >= 15 is 0 Å². The number of amidine groups is 1. The second kappa shape index (κ2) is 14.2. The maximum atomic E-state index is 14.2. The Labute approximate surface area is 281 Å². The molecule has 8 nitrogen and oxygen atoms in total. The minimum Gasteiger partial charge on any atom is -0.406 e. The van der Waals surface area contributed by atoms with Crippen LogP contribution in [-0.2, 0) is 0 Å². The summed E-state index contributed by atoms with van der Waals surface area (Å²) in [4.78, 5) is 24.5. The predicted octanol–water partition coefficient (Wildman–Crippen LogP) is 8.63. The summed E-state index contributed by atoms with van der Waals surface area (Å²) >= 11 is 1.55. The van der Waals surface area contributed by atoms with Crippen LogP contribution in [0.3, 0.4) is 0 Å². The Kier molecular flexibility index (Phi) is 9.98. The monoisotopic (exact) mass is 682 g/mol. The van der Waals surface area contributed by atoms with Crippen molar-refractivity contribution in [3.8, 4) is 5.75 Å². The van der Waals surface area contributed by atoms with Crippen LogP contribution in [0.5, 0.6) is 5.75 Å². The van der Waals surface area contributed by atoms with Crippen LogP contribution < -0.4 is 25.4 Å². The highest BCUT2D eigenvalue weighted by molar-refractivity contribution is 8.14. The molecule has 1 saturated heterocycles. The molecule has 0 aromatic heterocycles. The summed E-state index contributed by atoms with van der Waals surface area (Å²) in [5.74, 6) is 0.515. The largest absolute Gasteiger partial charge is 0.573 e. The molecule has 13 heteroatoms. The lowest BCUT2D eigenvalue weighted by molar-refractivity contribution is -0.274. The molecule has 6 rings (SSSR count). The second-order valence-electron chi connectivity index (χ2n) is 12.6. The molecule has 0 radical (unpaired) electrons. The van der Waals surface area contributed by atoms with Gasteiger partial charge >= 0.3 is 12.4 Å². The van der Waals surface area contributed by atoms with Gasteiger partial charge in [-0.05, 0) is 91.3 Å². The van der Waals surface area contributed by atoms with E-state index in [1.165, 1.54) is 30.3 Å². The number of ether oxygens (including phenoxy) is 1. The standard InChI is InChI=1S/C35H38F4N6O2S/c1-21(2)29-19-25(36)11-16-31(29)45-22(3)17-18-48-34(45)42-33(46)41-30-6-4-5-28(30)23-7-9-24(10-8-23)32-40-20-44(43-32)26-12-14-27(15-13-26)47-35(37,38)39/h7-16,19-22,28,30,32,43H,4-6,17-18H2,1-3H3,(H,41,46). The molecule has 4 unspecified atom stereocenters. The third-order valence-corrected chi connectivity index (χ3v) is 9.91. The minimum absolute atomic E-state index is 0.0633. The number of nitrogens with one attached hydrogen (secondary N) is 2.